The predicted molar refractivity (Wildman–Crippen MR) is 79.0 cm³/mol. The monoisotopic (exact) mass is 270 g/mol. The highest BCUT2D eigenvalue weighted by molar-refractivity contribution is 5.93. The molecule has 0 aliphatic rings. The topological polar surface area (TPSA) is 35.5 Å². The maximum Gasteiger partial charge on any atom is 0.341 e. The second-order valence-corrected chi connectivity index (χ2v) is 4.74. The van der Waals surface area contributed by atoms with Crippen molar-refractivity contribution in [3.8, 4) is 16.9 Å². The van der Waals surface area contributed by atoms with Crippen molar-refractivity contribution in [1.29, 1.82) is 0 Å². The summed E-state index contributed by atoms with van der Waals surface area (Å²) in [6, 6.07) is 15.5. The molecule has 0 spiro atoms. The Morgan fingerprint density at radius 1 is 1.00 bits per heavy atom. The predicted octanol–water partition coefficient (Wildman–Crippen LogP) is 3.93. The standard InChI is InChI=1S/C17H18O3/c1-12(2)20-16-11-14(13-7-5-4-6-8-13)9-10-15(16)17(18)19-3/h4-12H,1-3H3. The van der Waals surface area contributed by atoms with Gasteiger partial charge in [-0.15, -0.1) is 0 Å². The van der Waals surface area contributed by atoms with Gasteiger partial charge in [0.1, 0.15) is 11.3 Å². The van der Waals surface area contributed by atoms with Gasteiger partial charge in [0.15, 0.2) is 0 Å². The Bertz CT molecular complexity index is 588. The number of carbonyl (C=O) groups is 1. The Hall–Kier alpha value is -2.29. The SMILES string of the molecule is COC(=O)c1ccc(-c2ccccc2)cc1OC(C)C. The molecule has 2 rings (SSSR count). The van der Waals surface area contributed by atoms with Gasteiger partial charge in [0.05, 0.1) is 13.2 Å². The third-order valence-corrected chi connectivity index (χ3v) is 2.86. The zero-order valence-electron chi connectivity index (χ0n) is 11.9. The highest BCUT2D eigenvalue weighted by atomic mass is 16.5. The van der Waals surface area contributed by atoms with Gasteiger partial charge in [-0.2, -0.15) is 0 Å². The van der Waals surface area contributed by atoms with Gasteiger partial charge in [0, 0.05) is 0 Å². The number of esters is 1. The Balaban J connectivity index is 2.45. The van der Waals surface area contributed by atoms with E-state index in [0.717, 1.165) is 11.1 Å². The molecule has 0 unspecified atom stereocenters. The third-order valence-electron chi connectivity index (χ3n) is 2.86. The van der Waals surface area contributed by atoms with E-state index in [1.807, 2.05) is 56.3 Å². The molecule has 104 valence electrons. The minimum atomic E-state index is -0.389. The number of methoxy groups -OCH3 is 1. The van der Waals surface area contributed by atoms with E-state index in [1.54, 1.807) is 6.07 Å². The number of carbonyl (C=O) groups excluding carboxylic acids is 1. The van der Waals surface area contributed by atoms with Crippen LogP contribution in [0.2, 0.25) is 0 Å². The molecule has 0 N–H and O–H groups in total. The van der Waals surface area contributed by atoms with Crippen LogP contribution < -0.4 is 4.74 Å². The molecular formula is C17H18O3. The van der Waals surface area contributed by atoms with Crippen LogP contribution in [0, 0.1) is 0 Å². The van der Waals surface area contributed by atoms with Crippen molar-refractivity contribution in [3.63, 3.8) is 0 Å². The number of hydrogen-bond donors (Lipinski definition) is 0. The van der Waals surface area contributed by atoms with E-state index in [2.05, 4.69) is 0 Å². The van der Waals surface area contributed by atoms with E-state index in [1.165, 1.54) is 7.11 Å². The van der Waals surface area contributed by atoms with Crippen molar-refractivity contribution in [3.05, 3.63) is 54.1 Å². The Labute approximate surface area is 119 Å². The minimum Gasteiger partial charge on any atom is -0.490 e. The summed E-state index contributed by atoms with van der Waals surface area (Å²) in [6.45, 7) is 3.85. The summed E-state index contributed by atoms with van der Waals surface area (Å²) >= 11 is 0. The van der Waals surface area contributed by atoms with Crippen molar-refractivity contribution in [1.82, 2.24) is 0 Å². The molecule has 0 atom stereocenters. The first-order valence-electron chi connectivity index (χ1n) is 6.56. The first kappa shape index (κ1) is 14.1. The molecule has 0 saturated heterocycles. The second-order valence-electron chi connectivity index (χ2n) is 4.74. The van der Waals surface area contributed by atoms with Crippen molar-refractivity contribution < 1.29 is 14.3 Å². The van der Waals surface area contributed by atoms with Gasteiger partial charge in [-0.1, -0.05) is 36.4 Å². The molecule has 0 aliphatic heterocycles. The molecule has 0 radical (unpaired) electrons. The Morgan fingerprint density at radius 3 is 2.30 bits per heavy atom. The van der Waals surface area contributed by atoms with E-state index in [4.69, 9.17) is 9.47 Å². The van der Waals surface area contributed by atoms with Crippen LogP contribution in [0.15, 0.2) is 48.5 Å². The van der Waals surface area contributed by atoms with Crippen molar-refractivity contribution in [2.45, 2.75) is 20.0 Å². The molecular weight excluding hydrogens is 252 g/mol. The van der Waals surface area contributed by atoms with Crippen molar-refractivity contribution >= 4 is 5.97 Å². The summed E-state index contributed by atoms with van der Waals surface area (Å²) in [5.74, 6) is 0.161. The first-order chi connectivity index (χ1) is 9.61. The van der Waals surface area contributed by atoms with Gasteiger partial charge >= 0.3 is 5.97 Å². The largest absolute Gasteiger partial charge is 0.490 e. The summed E-state index contributed by atoms with van der Waals surface area (Å²) in [4.78, 5) is 11.8. The molecule has 0 heterocycles. The molecule has 2 aromatic rings. The van der Waals surface area contributed by atoms with Gasteiger partial charge in [-0.25, -0.2) is 4.79 Å². The molecule has 0 bridgehead atoms. The average Bonchev–Trinajstić information content (AvgIpc) is 2.46. The summed E-state index contributed by atoms with van der Waals surface area (Å²) in [6.07, 6.45) is -0.00979. The molecule has 20 heavy (non-hydrogen) atoms. The maximum absolute atomic E-state index is 11.8. The van der Waals surface area contributed by atoms with Crippen molar-refractivity contribution in [2.75, 3.05) is 7.11 Å². The molecule has 0 aromatic heterocycles. The molecule has 0 fully saturated rings. The van der Waals surface area contributed by atoms with Crippen LogP contribution in [0.1, 0.15) is 24.2 Å². The van der Waals surface area contributed by atoms with Gasteiger partial charge in [0.2, 0.25) is 0 Å². The van der Waals surface area contributed by atoms with Gasteiger partial charge in [0.25, 0.3) is 0 Å². The fourth-order valence-electron chi connectivity index (χ4n) is 1.96. The van der Waals surface area contributed by atoms with E-state index in [-0.39, 0.29) is 12.1 Å². The average molecular weight is 270 g/mol. The van der Waals surface area contributed by atoms with Crippen LogP contribution in [0.4, 0.5) is 0 Å². The van der Waals surface area contributed by atoms with E-state index >= 15 is 0 Å². The van der Waals surface area contributed by atoms with Crippen molar-refractivity contribution in [2.24, 2.45) is 0 Å². The molecule has 3 heteroatoms. The zero-order chi connectivity index (χ0) is 14.5. The molecule has 2 aromatic carbocycles. The molecule has 0 saturated carbocycles. The lowest BCUT2D eigenvalue weighted by molar-refractivity contribution is 0.0594. The van der Waals surface area contributed by atoms with Crippen LogP contribution in [0.25, 0.3) is 11.1 Å². The van der Waals surface area contributed by atoms with Crippen LogP contribution in [-0.4, -0.2) is 19.2 Å². The molecule has 0 aliphatic carbocycles. The fraction of sp³-hybridized carbons (Fsp3) is 0.235. The fourth-order valence-corrected chi connectivity index (χ4v) is 1.96. The smallest absolute Gasteiger partial charge is 0.341 e. The highest BCUT2D eigenvalue weighted by Gasteiger charge is 2.15. The number of hydrogen-bond acceptors (Lipinski definition) is 3. The third kappa shape index (κ3) is 3.18. The van der Waals surface area contributed by atoms with Crippen LogP contribution in [-0.2, 0) is 4.74 Å². The lowest BCUT2D eigenvalue weighted by Gasteiger charge is -2.14. The van der Waals surface area contributed by atoms with Gasteiger partial charge in [-0.05, 0) is 37.1 Å². The minimum absolute atomic E-state index is 0.00979. The Morgan fingerprint density at radius 2 is 1.70 bits per heavy atom. The van der Waals surface area contributed by atoms with Crippen LogP contribution >= 0.6 is 0 Å². The van der Waals surface area contributed by atoms with E-state index in [0.29, 0.717) is 11.3 Å². The zero-order valence-corrected chi connectivity index (χ0v) is 11.9. The lowest BCUT2D eigenvalue weighted by Crippen LogP contribution is -2.11. The van der Waals surface area contributed by atoms with Gasteiger partial charge in [-0.3, -0.25) is 0 Å². The van der Waals surface area contributed by atoms with E-state index in [9.17, 15) is 4.79 Å². The quantitative estimate of drug-likeness (QED) is 0.790. The first-order valence-corrected chi connectivity index (χ1v) is 6.56. The van der Waals surface area contributed by atoms with Gasteiger partial charge < -0.3 is 9.47 Å². The second kappa shape index (κ2) is 6.24. The van der Waals surface area contributed by atoms with Crippen LogP contribution in [0.5, 0.6) is 5.75 Å². The normalized spacial score (nSPS) is 10.4. The number of rotatable bonds is 4. The number of benzene rings is 2. The lowest BCUT2D eigenvalue weighted by atomic mass is 10.0. The van der Waals surface area contributed by atoms with E-state index < -0.39 is 0 Å². The summed E-state index contributed by atoms with van der Waals surface area (Å²) in [5.41, 5.74) is 2.53. The summed E-state index contributed by atoms with van der Waals surface area (Å²) < 4.78 is 10.5. The summed E-state index contributed by atoms with van der Waals surface area (Å²) in [5, 5.41) is 0. The van der Waals surface area contributed by atoms with Crippen LogP contribution in [0.3, 0.4) is 0 Å². The Kier molecular flexibility index (Phi) is 4.41. The molecule has 0 amide bonds. The maximum atomic E-state index is 11.8. The summed E-state index contributed by atoms with van der Waals surface area (Å²) in [7, 11) is 1.37. The highest BCUT2D eigenvalue weighted by Crippen LogP contribution is 2.28. The number of ether oxygens (including phenoxy) is 2. The molecule has 3 nitrogen and oxygen atoms in total.